The summed E-state index contributed by atoms with van der Waals surface area (Å²) in [7, 11) is 1.65. The van der Waals surface area contributed by atoms with Crippen LogP contribution >= 0.6 is 0 Å². The van der Waals surface area contributed by atoms with Crippen molar-refractivity contribution in [1.82, 2.24) is 16.0 Å². The van der Waals surface area contributed by atoms with Crippen LogP contribution in [0.25, 0.3) is 0 Å². The average molecular weight is 571 g/mol. The first-order chi connectivity index (χ1) is 19.1. The highest BCUT2D eigenvalue weighted by Crippen LogP contribution is 2.59. The Morgan fingerprint density at radius 3 is 2.30 bits per heavy atom. The van der Waals surface area contributed by atoms with Crippen molar-refractivity contribution in [3.8, 4) is 0 Å². The molecule has 13 nitrogen and oxygen atoms in total. The highest BCUT2D eigenvalue weighted by Gasteiger charge is 2.72. The van der Waals surface area contributed by atoms with Gasteiger partial charge in [-0.2, -0.15) is 0 Å². The van der Waals surface area contributed by atoms with Gasteiger partial charge >= 0.3 is 6.09 Å². The minimum absolute atomic E-state index is 0.0270. The maximum atomic E-state index is 12.5. The molecule has 2 saturated heterocycles. The van der Waals surface area contributed by atoms with Crippen molar-refractivity contribution in [1.29, 1.82) is 0 Å². The summed E-state index contributed by atoms with van der Waals surface area (Å²) in [6.45, 7) is 8.53. The van der Waals surface area contributed by atoms with E-state index in [4.69, 9.17) is 34.2 Å². The molecule has 0 aromatic carbocycles. The first kappa shape index (κ1) is 32.2. The van der Waals surface area contributed by atoms with E-state index in [1.807, 2.05) is 0 Å². The Balaban J connectivity index is 1.28. The Morgan fingerprint density at radius 1 is 1.02 bits per heavy atom. The highest BCUT2D eigenvalue weighted by molar-refractivity contribution is 5.85. The van der Waals surface area contributed by atoms with Crippen LogP contribution < -0.4 is 21.7 Å². The smallest absolute Gasteiger partial charge is 0.407 e. The van der Waals surface area contributed by atoms with Crippen LogP contribution in [-0.2, 0) is 38.0 Å². The number of hydrogen-bond donors (Lipinski definition) is 4. The van der Waals surface area contributed by atoms with E-state index in [2.05, 4.69) is 42.8 Å². The van der Waals surface area contributed by atoms with Gasteiger partial charge in [0.25, 0.3) is 0 Å². The second kappa shape index (κ2) is 15.1. The summed E-state index contributed by atoms with van der Waals surface area (Å²) in [5.74, 6) is -0.739. The number of rotatable bonds is 17. The Labute approximate surface area is 236 Å². The number of carbonyl (C=O) groups excluding carboxylic acids is 3. The zero-order chi connectivity index (χ0) is 29.2. The van der Waals surface area contributed by atoms with E-state index < -0.39 is 18.1 Å². The third-order valence-electron chi connectivity index (χ3n) is 7.58. The molecule has 5 N–H and O–H groups in total. The van der Waals surface area contributed by atoms with E-state index in [0.29, 0.717) is 46.0 Å². The number of methoxy groups -OCH3 is 1. The molecule has 4 unspecified atom stereocenters. The van der Waals surface area contributed by atoms with E-state index in [1.54, 1.807) is 7.11 Å². The third-order valence-corrected chi connectivity index (χ3v) is 7.58. The third kappa shape index (κ3) is 9.11. The molecule has 3 amide bonds. The van der Waals surface area contributed by atoms with E-state index in [-0.39, 0.29) is 54.9 Å². The summed E-state index contributed by atoms with van der Waals surface area (Å²) in [4.78, 5) is 35.1. The molecule has 0 bridgehead atoms. The minimum Gasteiger partial charge on any atom is -0.443 e. The Morgan fingerprint density at radius 2 is 1.70 bits per heavy atom. The van der Waals surface area contributed by atoms with Gasteiger partial charge in [0.15, 0.2) is 0 Å². The van der Waals surface area contributed by atoms with Crippen molar-refractivity contribution < 1.29 is 42.8 Å². The fourth-order valence-corrected chi connectivity index (χ4v) is 5.37. The molecular weight excluding hydrogens is 524 g/mol. The van der Waals surface area contributed by atoms with Crippen LogP contribution in [0.3, 0.4) is 0 Å². The predicted molar refractivity (Wildman–Crippen MR) is 145 cm³/mol. The fraction of sp³-hybridized carbons (Fsp3) is 0.815. The summed E-state index contributed by atoms with van der Waals surface area (Å²) in [6.07, 6.45) is 3.33. The lowest BCUT2D eigenvalue weighted by molar-refractivity contribution is -0.125. The zero-order valence-corrected chi connectivity index (χ0v) is 24.1. The van der Waals surface area contributed by atoms with E-state index in [0.717, 1.165) is 12.8 Å². The summed E-state index contributed by atoms with van der Waals surface area (Å²) >= 11 is 0. The van der Waals surface area contributed by atoms with Crippen LogP contribution in [0.5, 0.6) is 0 Å². The lowest BCUT2D eigenvalue weighted by atomic mass is 9.68. The molecule has 13 heteroatoms. The second-order valence-electron chi connectivity index (χ2n) is 10.8. The number of carbonyl (C=O) groups is 3. The molecule has 1 saturated carbocycles. The van der Waals surface area contributed by atoms with Gasteiger partial charge in [-0.05, 0) is 40.0 Å². The number of allylic oxidation sites excluding steroid dienone is 1. The van der Waals surface area contributed by atoms with Gasteiger partial charge < -0.3 is 50.1 Å². The largest absolute Gasteiger partial charge is 0.443 e. The number of ether oxygens (including phenoxy) is 6. The molecule has 6 atom stereocenters. The molecule has 3 aliphatic rings. The number of epoxide rings is 2. The van der Waals surface area contributed by atoms with Crippen molar-refractivity contribution in [2.75, 3.05) is 66.3 Å². The molecule has 0 aromatic heterocycles. The van der Waals surface area contributed by atoms with Gasteiger partial charge in [-0.25, -0.2) is 4.79 Å². The zero-order valence-electron chi connectivity index (χ0n) is 24.1. The number of amides is 3. The van der Waals surface area contributed by atoms with Gasteiger partial charge in [0, 0.05) is 20.2 Å². The molecular formula is C27H46N4O9. The minimum atomic E-state index is -0.514. The summed E-state index contributed by atoms with van der Waals surface area (Å²) < 4.78 is 34.7. The van der Waals surface area contributed by atoms with Crippen LogP contribution in [0.4, 0.5) is 4.79 Å². The average Bonchev–Trinajstić information content (AvgIpc) is 3.84. The Kier molecular flexibility index (Phi) is 12.2. The maximum Gasteiger partial charge on any atom is 0.407 e. The quantitative estimate of drug-likeness (QED) is 0.106. The monoisotopic (exact) mass is 570 g/mol. The van der Waals surface area contributed by atoms with Crippen LogP contribution in [0.15, 0.2) is 11.6 Å². The summed E-state index contributed by atoms with van der Waals surface area (Å²) in [5.41, 5.74) is 5.75. The van der Waals surface area contributed by atoms with Gasteiger partial charge in [0.2, 0.25) is 11.8 Å². The SMILES string of the molecule is COC1C(OC(=O)NCCOCCOCCNC(=O)CNC(=O)CN)CC[C@]2(CO2)C1C1(C)O[C@@H]1CC=C(C)C. The molecule has 3 rings (SSSR count). The molecule has 2 heterocycles. The highest BCUT2D eigenvalue weighted by atomic mass is 16.6. The Bertz CT molecular complexity index is 893. The van der Waals surface area contributed by atoms with Crippen LogP contribution in [0.2, 0.25) is 0 Å². The van der Waals surface area contributed by atoms with Crippen LogP contribution in [0, 0.1) is 5.92 Å². The molecule has 3 fully saturated rings. The standard InChI is InChI=1S/C27H46N4O9/c1-18(2)5-6-20-26(3,40-20)24-23(35-4)19(7-8-27(24)17-38-27)39-25(34)30-10-12-37-14-13-36-11-9-29-22(33)16-31-21(32)15-28/h5,19-20,23-24H,6-17,28H2,1-4H3,(H,29,33)(H,30,34)(H,31,32)/t19?,20-,23?,24?,26?,27+/m1/s1. The molecule has 0 aromatic rings. The molecule has 0 radical (unpaired) electrons. The Hall–Kier alpha value is -2.29. The van der Waals surface area contributed by atoms with Crippen molar-refractivity contribution >= 4 is 17.9 Å². The van der Waals surface area contributed by atoms with Crippen molar-refractivity contribution in [2.45, 2.75) is 69.5 Å². The molecule has 2 aliphatic heterocycles. The number of alkyl carbamates (subject to hydrolysis) is 1. The van der Waals surface area contributed by atoms with Crippen molar-refractivity contribution in [3.63, 3.8) is 0 Å². The van der Waals surface area contributed by atoms with Crippen LogP contribution in [0.1, 0.15) is 40.0 Å². The van der Waals surface area contributed by atoms with E-state index in [1.165, 1.54) is 5.57 Å². The van der Waals surface area contributed by atoms with Gasteiger partial charge in [-0.3, -0.25) is 9.59 Å². The van der Waals surface area contributed by atoms with Gasteiger partial charge in [-0.15, -0.1) is 0 Å². The van der Waals surface area contributed by atoms with Crippen molar-refractivity contribution in [2.24, 2.45) is 11.7 Å². The lowest BCUT2D eigenvalue weighted by Crippen LogP contribution is -2.56. The van der Waals surface area contributed by atoms with Crippen molar-refractivity contribution in [3.05, 3.63) is 11.6 Å². The van der Waals surface area contributed by atoms with E-state index in [9.17, 15) is 14.4 Å². The second-order valence-corrected chi connectivity index (χ2v) is 10.8. The topological polar surface area (TPSA) is 175 Å². The molecule has 228 valence electrons. The predicted octanol–water partition coefficient (Wildman–Crippen LogP) is 0.0133. The summed E-state index contributed by atoms with van der Waals surface area (Å²) in [6, 6.07) is 0. The van der Waals surface area contributed by atoms with E-state index >= 15 is 0 Å². The van der Waals surface area contributed by atoms with Crippen LogP contribution in [-0.4, -0.2) is 114 Å². The summed E-state index contributed by atoms with van der Waals surface area (Å²) in [5, 5.41) is 7.72. The van der Waals surface area contributed by atoms with Gasteiger partial charge in [0.05, 0.1) is 58.1 Å². The molecule has 1 aliphatic carbocycles. The maximum absolute atomic E-state index is 12.5. The lowest BCUT2D eigenvalue weighted by Gasteiger charge is -2.42. The van der Waals surface area contributed by atoms with Gasteiger partial charge in [-0.1, -0.05) is 11.6 Å². The normalized spacial score (nSPS) is 30.3. The molecule has 1 spiro atoms. The number of nitrogens with two attached hydrogens (primary N) is 1. The van der Waals surface area contributed by atoms with Gasteiger partial charge in [0.1, 0.15) is 23.4 Å². The fourth-order valence-electron chi connectivity index (χ4n) is 5.37. The first-order valence-electron chi connectivity index (χ1n) is 14.0. The first-order valence-corrected chi connectivity index (χ1v) is 14.0. The molecule has 40 heavy (non-hydrogen) atoms. The number of nitrogens with one attached hydrogen (secondary N) is 3. The number of hydrogen-bond acceptors (Lipinski definition) is 10.